The summed E-state index contributed by atoms with van der Waals surface area (Å²) in [5, 5.41) is 0. The Labute approximate surface area is 110 Å². The highest BCUT2D eigenvalue weighted by Gasteiger charge is 2.09. The van der Waals surface area contributed by atoms with E-state index in [9.17, 15) is 4.79 Å². The third-order valence-electron chi connectivity index (χ3n) is 2.34. The van der Waals surface area contributed by atoms with Crippen molar-refractivity contribution < 1.29 is 9.53 Å². The van der Waals surface area contributed by atoms with Gasteiger partial charge in [0.25, 0.3) is 0 Å². The van der Waals surface area contributed by atoms with Crippen LogP contribution in [0.3, 0.4) is 0 Å². The van der Waals surface area contributed by atoms with Crippen LogP contribution in [-0.2, 0) is 11.3 Å². The van der Waals surface area contributed by atoms with Crippen molar-refractivity contribution in [2.75, 3.05) is 14.2 Å². The molecule has 0 aliphatic heterocycles. The van der Waals surface area contributed by atoms with Crippen molar-refractivity contribution in [3.05, 3.63) is 40.4 Å². The van der Waals surface area contributed by atoms with Gasteiger partial charge in [-0.05, 0) is 31.2 Å². The maximum Gasteiger partial charge on any atom is 0.246 e. The molecule has 92 valence electrons. The average molecular weight is 298 g/mol. The second kappa shape index (κ2) is 6.45. The van der Waals surface area contributed by atoms with Crippen LogP contribution in [0.5, 0.6) is 5.75 Å². The van der Waals surface area contributed by atoms with E-state index in [4.69, 9.17) is 4.74 Å². The number of methoxy groups -OCH3 is 1. The van der Waals surface area contributed by atoms with Crippen molar-refractivity contribution in [3.8, 4) is 5.75 Å². The van der Waals surface area contributed by atoms with E-state index in [1.165, 1.54) is 0 Å². The molecule has 4 heteroatoms. The number of hydrogen-bond donors (Lipinski definition) is 0. The molecule has 0 saturated carbocycles. The third kappa shape index (κ3) is 3.89. The van der Waals surface area contributed by atoms with Crippen LogP contribution >= 0.6 is 15.9 Å². The number of carbonyl (C=O) groups is 1. The molecule has 0 heterocycles. The number of halogens is 1. The van der Waals surface area contributed by atoms with Crippen LogP contribution in [0.1, 0.15) is 12.5 Å². The summed E-state index contributed by atoms with van der Waals surface area (Å²) in [6.45, 7) is 2.34. The minimum atomic E-state index is -0.0190. The fourth-order valence-electron chi connectivity index (χ4n) is 1.47. The maximum atomic E-state index is 11.6. The number of allylic oxidation sites excluding steroid dienone is 1. The van der Waals surface area contributed by atoms with Gasteiger partial charge in [-0.3, -0.25) is 4.79 Å². The highest BCUT2D eigenvalue weighted by Crippen LogP contribution is 2.24. The number of carbonyl (C=O) groups excluding carboxylic acids is 1. The first kappa shape index (κ1) is 13.8. The Morgan fingerprint density at radius 3 is 2.82 bits per heavy atom. The monoisotopic (exact) mass is 297 g/mol. The number of hydrogen-bond acceptors (Lipinski definition) is 2. The zero-order chi connectivity index (χ0) is 12.8. The molecule has 0 spiro atoms. The van der Waals surface area contributed by atoms with E-state index >= 15 is 0 Å². The Morgan fingerprint density at radius 2 is 2.24 bits per heavy atom. The molecule has 1 amide bonds. The topological polar surface area (TPSA) is 29.5 Å². The lowest BCUT2D eigenvalue weighted by molar-refractivity contribution is -0.125. The summed E-state index contributed by atoms with van der Waals surface area (Å²) in [5.74, 6) is 0.767. The number of nitrogens with zero attached hydrogens (tertiary/aromatic N) is 1. The van der Waals surface area contributed by atoms with Crippen molar-refractivity contribution in [3.63, 3.8) is 0 Å². The van der Waals surface area contributed by atoms with Crippen LogP contribution in [0.2, 0.25) is 0 Å². The zero-order valence-electron chi connectivity index (χ0n) is 10.2. The molecular formula is C13H16BrNO2. The van der Waals surface area contributed by atoms with Gasteiger partial charge in [0.05, 0.1) is 7.11 Å². The second-order valence-electron chi connectivity index (χ2n) is 3.65. The van der Waals surface area contributed by atoms with E-state index in [2.05, 4.69) is 15.9 Å². The number of ether oxygens (including phenoxy) is 1. The fraction of sp³-hybridized carbons (Fsp3) is 0.308. The summed E-state index contributed by atoms with van der Waals surface area (Å²) < 4.78 is 6.24. The van der Waals surface area contributed by atoms with Gasteiger partial charge in [-0.15, -0.1) is 0 Å². The summed E-state index contributed by atoms with van der Waals surface area (Å²) in [7, 11) is 3.39. The van der Waals surface area contributed by atoms with E-state index in [1.54, 1.807) is 31.2 Å². The van der Waals surface area contributed by atoms with Gasteiger partial charge in [-0.25, -0.2) is 0 Å². The van der Waals surface area contributed by atoms with Crippen LogP contribution in [0.4, 0.5) is 0 Å². The minimum Gasteiger partial charge on any atom is -0.496 e. The second-order valence-corrected chi connectivity index (χ2v) is 4.57. The van der Waals surface area contributed by atoms with Crippen LogP contribution in [0.25, 0.3) is 0 Å². The van der Waals surface area contributed by atoms with E-state index in [0.717, 1.165) is 15.8 Å². The predicted octanol–water partition coefficient (Wildman–Crippen LogP) is 2.99. The Bertz CT molecular complexity index is 429. The molecule has 0 bridgehead atoms. The summed E-state index contributed by atoms with van der Waals surface area (Å²) in [6.07, 6.45) is 3.28. The zero-order valence-corrected chi connectivity index (χ0v) is 11.8. The fourth-order valence-corrected chi connectivity index (χ4v) is 1.88. The standard InChI is InChI=1S/C13H16BrNO2/c1-4-5-13(16)15(2)9-10-8-11(14)6-7-12(10)17-3/h4-8H,9H2,1-3H3/b5-4+. The Hall–Kier alpha value is -1.29. The van der Waals surface area contributed by atoms with Crippen molar-refractivity contribution >= 4 is 21.8 Å². The normalized spacial score (nSPS) is 10.6. The number of benzene rings is 1. The lowest BCUT2D eigenvalue weighted by Gasteiger charge is -2.17. The van der Waals surface area contributed by atoms with Gasteiger partial charge in [0.2, 0.25) is 5.91 Å². The minimum absolute atomic E-state index is 0.0190. The third-order valence-corrected chi connectivity index (χ3v) is 2.83. The number of likely N-dealkylation sites (N-methyl/N-ethyl adjacent to an activating group) is 1. The quantitative estimate of drug-likeness (QED) is 0.800. The summed E-state index contributed by atoms with van der Waals surface area (Å²) in [4.78, 5) is 13.3. The molecule has 0 fully saturated rings. The van der Waals surface area contributed by atoms with Gasteiger partial charge in [0, 0.05) is 23.6 Å². The van der Waals surface area contributed by atoms with Crippen molar-refractivity contribution in [2.45, 2.75) is 13.5 Å². The molecular weight excluding hydrogens is 282 g/mol. The first-order chi connectivity index (χ1) is 8.08. The van der Waals surface area contributed by atoms with Gasteiger partial charge in [-0.2, -0.15) is 0 Å². The number of rotatable bonds is 4. The molecule has 1 aromatic rings. The van der Waals surface area contributed by atoms with Crippen LogP contribution < -0.4 is 4.74 Å². The summed E-state index contributed by atoms with van der Waals surface area (Å²) >= 11 is 3.41. The molecule has 3 nitrogen and oxygen atoms in total. The van der Waals surface area contributed by atoms with Crippen LogP contribution in [-0.4, -0.2) is 25.0 Å². The first-order valence-corrected chi connectivity index (χ1v) is 6.08. The van der Waals surface area contributed by atoms with Crippen LogP contribution in [0, 0.1) is 0 Å². The molecule has 17 heavy (non-hydrogen) atoms. The highest BCUT2D eigenvalue weighted by molar-refractivity contribution is 9.10. The molecule has 0 aliphatic rings. The SMILES string of the molecule is C/C=C/C(=O)N(C)Cc1cc(Br)ccc1OC. The van der Waals surface area contributed by atoms with E-state index in [1.807, 2.05) is 25.1 Å². The van der Waals surface area contributed by atoms with Gasteiger partial charge in [0.15, 0.2) is 0 Å². The molecule has 0 atom stereocenters. The lowest BCUT2D eigenvalue weighted by atomic mass is 10.2. The van der Waals surface area contributed by atoms with Gasteiger partial charge in [-0.1, -0.05) is 22.0 Å². The van der Waals surface area contributed by atoms with Crippen molar-refractivity contribution in [1.29, 1.82) is 0 Å². The highest BCUT2D eigenvalue weighted by atomic mass is 79.9. The van der Waals surface area contributed by atoms with Crippen molar-refractivity contribution in [1.82, 2.24) is 4.90 Å². The van der Waals surface area contributed by atoms with E-state index in [0.29, 0.717) is 6.54 Å². The van der Waals surface area contributed by atoms with Crippen LogP contribution in [0.15, 0.2) is 34.8 Å². The first-order valence-electron chi connectivity index (χ1n) is 5.28. The largest absolute Gasteiger partial charge is 0.496 e. The Morgan fingerprint density at radius 1 is 1.53 bits per heavy atom. The molecule has 1 rings (SSSR count). The summed E-state index contributed by atoms with van der Waals surface area (Å²) in [5.41, 5.74) is 0.974. The Kier molecular flexibility index (Phi) is 5.22. The molecule has 0 aromatic heterocycles. The molecule has 0 aliphatic carbocycles. The van der Waals surface area contributed by atoms with Crippen molar-refractivity contribution in [2.24, 2.45) is 0 Å². The van der Waals surface area contributed by atoms with E-state index < -0.39 is 0 Å². The lowest BCUT2D eigenvalue weighted by Crippen LogP contribution is -2.24. The average Bonchev–Trinajstić information content (AvgIpc) is 2.29. The van der Waals surface area contributed by atoms with E-state index in [-0.39, 0.29) is 5.91 Å². The maximum absolute atomic E-state index is 11.6. The smallest absolute Gasteiger partial charge is 0.246 e. The molecule has 0 unspecified atom stereocenters. The summed E-state index contributed by atoms with van der Waals surface area (Å²) in [6, 6.07) is 5.75. The number of amides is 1. The van der Waals surface area contributed by atoms with Gasteiger partial charge in [0.1, 0.15) is 5.75 Å². The molecule has 0 radical (unpaired) electrons. The van der Waals surface area contributed by atoms with Gasteiger partial charge >= 0.3 is 0 Å². The predicted molar refractivity (Wildman–Crippen MR) is 72.0 cm³/mol. The molecule has 0 N–H and O–H groups in total. The Balaban J connectivity index is 2.86. The molecule has 1 aromatic carbocycles. The van der Waals surface area contributed by atoms with Gasteiger partial charge < -0.3 is 9.64 Å². The molecule has 0 saturated heterocycles.